The Bertz CT molecular complexity index is 743. The van der Waals surface area contributed by atoms with Crippen LogP contribution in [-0.4, -0.2) is 41.9 Å². The zero-order chi connectivity index (χ0) is 20.6. The lowest BCUT2D eigenvalue weighted by atomic mass is 9.53. The molecule has 0 aromatic heterocycles. The number of piperidine rings is 1. The van der Waals surface area contributed by atoms with Crippen molar-refractivity contribution in [2.75, 3.05) is 19.7 Å². The molecule has 5 fully saturated rings. The van der Waals surface area contributed by atoms with Crippen LogP contribution < -0.4 is 10.1 Å². The first-order valence-electron chi connectivity index (χ1n) is 11.9. The molecule has 1 N–H and O–H groups in total. The molecule has 1 aromatic rings. The third-order valence-electron chi connectivity index (χ3n) is 7.90. The maximum Gasteiger partial charge on any atom is 0.226 e. The van der Waals surface area contributed by atoms with E-state index in [-0.39, 0.29) is 23.3 Å². The Kier molecular flexibility index (Phi) is 5.46. The SMILES string of the molecule is O=C(NC12CC3CC(CC(C3)C1)C2)C1CCCN(C(=O)CCOc2ccccc2)C1. The number of amides is 2. The summed E-state index contributed by atoms with van der Waals surface area (Å²) in [5.41, 5.74) is 0.0572. The number of benzene rings is 1. The number of carbonyl (C=O) groups excluding carboxylic acids is 2. The van der Waals surface area contributed by atoms with Gasteiger partial charge in [-0.3, -0.25) is 9.59 Å². The summed E-state index contributed by atoms with van der Waals surface area (Å²) in [6, 6.07) is 9.59. The Hall–Kier alpha value is -2.04. The third-order valence-corrected chi connectivity index (χ3v) is 7.90. The molecule has 6 rings (SSSR count). The van der Waals surface area contributed by atoms with Gasteiger partial charge in [0.2, 0.25) is 11.8 Å². The first-order chi connectivity index (χ1) is 14.6. The fraction of sp³-hybridized carbons (Fsp3) is 0.680. The molecule has 4 bridgehead atoms. The molecule has 1 heterocycles. The van der Waals surface area contributed by atoms with E-state index in [4.69, 9.17) is 4.74 Å². The van der Waals surface area contributed by atoms with E-state index in [0.29, 0.717) is 19.6 Å². The number of hydrogen-bond acceptors (Lipinski definition) is 3. The number of carbonyl (C=O) groups is 2. The van der Waals surface area contributed by atoms with Crippen molar-refractivity contribution < 1.29 is 14.3 Å². The van der Waals surface area contributed by atoms with Crippen molar-refractivity contribution in [2.45, 2.75) is 63.3 Å². The van der Waals surface area contributed by atoms with Crippen LogP contribution in [0.3, 0.4) is 0 Å². The molecule has 5 nitrogen and oxygen atoms in total. The Morgan fingerprint density at radius 1 is 1.03 bits per heavy atom. The fourth-order valence-electron chi connectivity index (χ4n) is 6.98. The minimum absolute atomic E-state index is 0.0572. The van der Waals surface area contributed by atoms with Gasteiger partial charge in [-0.1, -0.05) is 18.2 Å². The van der Waals surface area contributed by atoms with Gasteiger partial charge in [0.05, 0.1) is 18.9 Å². The van der Waals surface area contributed by atoms with Crippen LogP contribution in [0, 0.1) is 23.7 Å². The van der Waals surface area contributed by atoms with E-state index >= 15 is 0 Å². The lowest BCUT2D eigenvalue weighted by Gasteiger charge is -2.57. The molecule has 0 spiro atoms. The van der Waals surface area contributed by atoms with Gasteiger partial charge in [-0.05, 0) is 81.3 Å². The molecule has 1 unspecified atom stereocenters. The second-order valence-corrected chi connectivity index (χ2v) is 10.3. The summed E-state index contributed by atoms with van der Waals surface area (Å²) in [6.45, 7) is 1.69. The van der Waals surface area contributed by atoms with Gasteiger partial charge >= 0.3 is 0 Å². The zero-order valence-corrected chi connectivity index (χ0v) is 17.9. The lowest BCUT2D eigenvalue weighted by molar-refractivity contribution is -0.138. The van der Waals surface area contributed by atoms with Crippen LogP contribution in [0.2, 0.25) is 0 Å². The molecule has 4 saturated carbocycles. The minimum Gasteiger partial charge on any atom is -0.493 e. The molecule has 4 aliphatic carbocycles. The summed E-state index contributed by atoms with van der Waals surface area (Å²) in [5, 5.41) is 3.52. The number of nitrogens with zero attached hydrogens (tertiary/aromatic N) is 1. The quantitative estimate of drug-likeness (QED) is 0.776. The monoisotopic (exact) mass is 410 g/mol. The number of rotatable bonds is 6. The maximum absolute atomic E-state index is 13.2. The van der Waals surface area contributed by atoms with E-state index < -0.39 is 0 Å². The Morgan fingerprint density at radius 3 is 2.37 bits per heavy atom. The zero-order valence-electron chi connectivity index (χ0n) is 17.9. The topological polar surface area (TPSA) is 58.6 Å². The van der Waals surface area contributed by atoms with Crippen molar-refractivity contribution >= 4 is 11.8 Å². The van der Waals surface area contributed by atoms with Crippen molar-refractivity contribution in [3.05, 3.63) is 30.3 Å². The minimum atomic E-state index is -0.0641. The van der Waals surface area contributed by atoms with E-state index in [0.717, 1.165) is 42.9 Å². The highest BCUT2D eigenvalue weighted by Crippen LogP contribution is 2.55. The summed E-state index contributed by atoms with van der Waals surface area (Å²) >= 11 is 0. The fourth-order valence-corrected chi connectivity index (χ4v) is 6.98. The van der Waals surface area contributed by atoms with Crippen LogP contribution in [0.4, 0.5) is 0 Å². The Balaban J connectivity index is 1.12. The van der Waals surface area contributed by atoms with Gasteiger partial charge in [0.25, 0.3) is 0 Å². The largest absolute Gasteiger partial charge is 0.493 e. The van der Waals surface area contributed by atoms with Crippen LogP contribution in [0.25, 0.3) is 0 Å². The second-order valence-electron chi connectivity index (χ2n) is 10.3. The summed E-state index contributed by atoms with van der Waals surface area (Å²) in [7, 11) is 0. The van der Waals surface area contributed by atoms with E-state index in [1.54, 1.807) is 0 Å². The highest BCUT2D eigenvalue weighted by molar-refractivity contribution is 5.82. The molecular formula is C25H34N2O3. The molecule has 162 valence electrons. The van der Waals surface area contributed by atoms with Crippen molar-refractivity contribution in [1.29, 1.82) is 0 Å². The predicted molar refractivity (Wildman–Crippen MR) is 115 cm³/mol. The number of ether oxygens (including phenoxy) is 1. The first-order valence-corrected chi connectivity index (χ1v) is 11.9. The van der Waals surface area contributed by atoms with Crippen LogP contribution >= 0.6 is 0 Å². The molecule has 5 heteroatoms. The molecule has 1 atom stereocenters. The molecule has 0 radical (unpaired) electrons. The molecule has 30 heavy (non-hydrogen) atoms. The summed E-state index contributed by atoms with van der Waals surface area (Å²) in [5.74, 6) is 3.48. The van der Waals surface area contributed by atoms with Gasteiger partial charge in [-0.25, -0.2) is 0 Å². The molecule has 1 aliphatic heterocycles. The number of para-hydroxylation sites is 1. The number of nitrogens with one attached hydrogen (secondary N) is 1. The molecule has 2 amide bonds. The number of hydrogen-bond donors (Lipinski definition) is 1. The van der Waals surface area contributed by atoms with Crippen molar-refractivity contribution in [3.8, 4) is 5.75 Å². The van der Waals surface area contributed by atoms with Gasteiger partial charge in [-0.2, -0.15) is 0 Å². The average Bonchev–Trinajstić information content (AvgIpc) is 2.73. The van der Waals surface area contributed by atoms with E-state index in [1.165, 1.54) is 38.5 Å². The summed E-state index contributed by atoms with van der Waals surface area (Å²) < 4.78 is 5.67. The second kappa shape index (κ2) is 8.24. The van der Waals surface area contributed by atoms with Crippen molar-refractivity contribution in [3.63, 3.8) is 0 Å². The summed E-state index contributed by atoms with van der Waals surface area (Å²) in [6.07, 6.45) is 9.83. The van der Waals surface area contributed by atoms with Crippen molar-refractivity contribution in [2.24, 2.45) is 23.7 Å². The van der Waals surface area contributed by atoms with Crippen LogP contribution in [0.5, 0.6) is 5.75 Å². The predicted octanol–water partition coefficient (Wildman–Crippen LogP) is 3.78. The maximum atomic E-state index is 13.2. The van der Waals surface area contributed by atoms with E-state index in [2.05, 4.69) is 5.32 Å². The van der Waals surface area contributed by atoms with Gasteiger partial charge in [0.1, 0.15) is 5.75 Å². The standard InChI is InChI=1S/C25H34N2O3/c28-23(8-10-30-22-6-2-1-3-7-22)27-9-4-5-21(17-27)24(29)26-25-14-18-11-19(15-25)13-20(12-18)16-25/h1-3,6-7,18-21H,4-5,8-17H2,(H,26,29). The first kappa shape index (κ1) is 19.9. The summed E-state index contributed by atoms with van der Waals surface area (Å²) in [4.78, 5) is 27.7. The molecule has 1 saturated heterocycles. The Labute approximate surface area is 179 Å². The van der Waals surface area contributed by atoms with Gasteiger partial charge in [0, 0.05) is 18.6 Å². The van der Waals surface area contributed by atoms with Gasteiger partial charge in [0.15, 0.2) is 0 Å². The van der Waals surface area contributed by atoms with E-state index in [1.807, 2.05) is 35.2 Å². The van der Waals surface area contributed by atoms with Crippen molar-refractivity contribution in [1.82, 2.24) is 10.2 Å². The smallest absolute Gasteiger partial charge is 0.226 e. The Morgan fingerprint density at radius 2 is 1.70 bits per heavy atom. The molecule has 1 aromatic carbocycles. The van der Waals surface area contributed by atoms with Crippen LogP contribution in [0.1, 0.15) is 57.8 Å². The van der Waals surface area contributed by atoms with Gasteiger partial charge < -0.3 is 15.0 Å². The van der Waals surface area contributed by atoms with Crippen LogP contribution in [-0.2, 0) is 9.59 Å². The molecule has 5 aliphatic rings. The lowest BCUT2D eigenvalue weighted by Crippen LogP contribution is -2.61. The van der Waals surface area contributed by atoms with Gasteiger partial charge in [-0.15, -0.1) is 0 Å². The molecular weight excluding hydrogens is 376 g/mol. The van der Waals surface area contributed by atoms with E-state index in [9.17, 15) is 9.59 Å². The number of likely N-dealkylation sites (tertiary alicyclic amines) is 1. The highest BCUT2D eigenvalue weighted by atomic mass is 16.5. The third kappa shape index (κ3) is 4.21. The average molecular weight is 411 g/mol. The normalized spacial score (nSPS) is 34.6. The highest BCUT2D eigenvalue weighted by Gasteiger charge is 2.52. The van der Waals surface area contributed by atoms with Crippen LogP contribution in [0.15, 0.2) is 30.3 Å².